The molecule has 7 heteroatoms. The molecule has 2 heterocycles. The van der Waals surface area contributed by atoms with Crippen molar-refractivity contribution >= 4 is 24.2 Å². The number of ether oxygens (including phenoxy) is 1. The molecule has 138 valence electrons. The number of morpholine rings is 1. The Hall–Kier alpha value is -1.63. The molecule has 25 heavy (non-hydrogen) atoms. The van der Waals surface area contributed by atoms with E-state index < -0.39 is 0 Å². The highest BCUT2D eigenvalue weighted by Gasteiger charge is 2.30. The Balaban J connectivity index is 0.00000225. The summed E-state index contributed by atoms with van der Waals surface area (Å²) >= 11 is 0. The van der Waals surface area contributed by atoms with Crippen molar-refractivity contribution in [1.82, 2.24) is 15.5 Å². The minimum atomic E-state index is -0.364. The maximum absolute atomic E-state index is 12.4. The Bertz CT molecular complexity index is 597. The molecule has 0 radical (unpaired) electrons. The second kappa shape index (κ2) is 9.17. The summed E-state index contributed by atoms with van der Waals surface area (Å²) < 4.78 is 5.53. The minimum absolute atomic E-state index is 0. The lowest BCUT2D eigenvalue weighted by Gasteiger charge is -2.35. The second-order valence-electron chi connectivity index (χ2n) is 6.45. The van der Waals surface area contributed by atoms with Gasteiger partial charge in [-0.15, -0.1) is 12.4 Å². The van der Waals surface area contributed by atoms with Crippen LogP contribution in [-0.2, 0) is 9.53 Å². The van der Waals surface area contributed by atoms with Gasteiger partial charge in [-0.25, -0.2) is 0 Å². The van der Waals surface area contributed by atoms with Crippen molar-refractivity contribution in [2.45, 2.75) is 31.9 Å². The van der Waals surface area contributed by atoms with Crippen LogP contribution in [0.1, 0.15) is 28.8 Å². The van der Waals surface area contributed by atoms with Crippen LogP contribution in [0.5, 0.6) is 0 Å². The first-order chi connectivity index (χ1) is 11.6. The SMILES string of the molecule is Cc1ccccc1C(=O)NC1CCN(C(=O)C2CNCCO2)CC1.Cl. The van der Waals surface area contributed by atoms with Crippen LogP contribution in [0.2, 0.25) is 0 Å². The van der Waals surface area contributed by atoms with E-state index in [1.54, 1.807) is 0 Å². The number of likely N-dealkylation sites (tertiary alicyclic amines) is 1. The molecular formula is C18H26ClN3O3. The van der Waals surface area contributed by atoms with Gasteiger partial charge < -0.3 is 20.3 Å². The highest BCUT2D eigenvalue weighted by Crippen LogP contribution is 2.15. The normalized spacial score (nSPS) is 21.3. The first-order valence-electron chi connectivity index (χ1n) is 8.63. The quantitative estimate of drug-likeness (QED) is 0.840. The molecule has 1 aromatic rings. The molecule has 1 atom stereocenters. The Kier molecular flexibility index (Phi) is 7.23. The van der Waals surface area contributed by atoms with Crippen molar-refractivity contribution in [3.8, 4) is 0 Å². The summed E-state index contributed by atoms with van der Waals surface area (Å²) in [6, 6.07) is 7.71. The number of nitrogens with one attached hydrogen (secondary N) is 2. The van der Waals surface area contributed by atoms with Crippen molar-refractivity contribution in [3.05, 3.63) is 35.4 Å². The van der Waals surface area contributed by atoms with E-state index in [2.05, 4.69) is 10.6 Å². The van der Waals surface area contributed by atoms with Crippen molar-refractivity contribution in [3.63, 3.8) is 0 Å². The molecule has 3 rings (SSSR count). The minimum Gasteiger partial charge on any atom is -0.366 e. The standard InChI is InChI=1S/C18H25N3O3.ClH/c1-13-4-2-3-5-15(13)17(22)20-14-6-9-21(10-7-14)18(23)16-12-19-8-11-24-16;/h2-5,14,16,19H,6-12H2,1H3,(H,20,22);1H. The average Bonchev–Trinajstić information content (AvgIpc) is 2.63. The summed E-state index contributed by atoms with van der Waals surface area (Å²) in [5.74, 6) is 0.0311. The lowest BCUT2D eigenvalue weighted by atomic mass is 10.0. The van der Waals surface area contributed by atoms with E-state index in [1.165, 1.54) is 0 Å². The van der Waals surface area contributed by atoms with Crippen LogP contribution in [0.3, 0.4) is 0 Å². The van der Waals surface area contributed by atoms with Crippen LogP contribution in [0.25, 0.3) is 0 Å². The van der Waals surface area contributed by atoms with E-state index in [9.17, 15) is 9.59 Å². The predicted octanol–water partition coefficient (Wildman–Crippen LogP) is 1.13. The smallest absolute Gasteiger partial charge is 0.253 e. The van der Waals surface area contributed by atoms with Gasteiger partial charge in [0.05, 0.1) is 6.61 Å². The Morgan fingerprint density at radius 1 is 1.24 bits per heavy atom. The van der Waals surface area contributed by atoms with Crippen LogP contribution in [0.15, 0.2) is 24.3 Å². The van der Waals surface area contributed by atoms with Crippen LogP contribution in [-0.4, -0.2) is 61.6 Å². The van der Waals surface area contributed by atoms with Crippen molar-refractivity contribution in [1.29, 1.82) is 0 Å². The molecule has 0 bridgehead atoms. The molecule has 2 aliphatic heterocycles. The van der Waals surface area contributed by atoms with Gasteiger partial charge in [0.25, 0.3) is 11.8 Å². The zero-order valence-corrected chi connectivity index (χ0v) is 15.3. The molecule has 2 fully saturated rings. The number of nitrogens with zero attached hydrogens (tertiary/aromatic N) is 1. The number of carbonyl (C=O) groups excluding carboxylic acids is 2. The number of aryl methyl sites for hydroxylation is 1. The highest BCUT2D eigenvalue weighted by atomic mass is 35.5. The molecule has 1 aromatic carbocycles. The zero-order chi connectivity index (χ0) is 16.9. The molecule has 0 saturated carbocycles. The summed E-state index contributed by atoms with van der Waals surface area (Å²) in [5.41, 5.74) is 1.70. The largest absolute Gasteiger partial charge is 0.366 e. The summed E-state index contributed by atoms with van der Waals surface area (Å²) in [4.78, 5) is 26.7. The fourth-order valence-electron chi connectivity index (χ4n) is 3.26. The number of carbonyl (C=O) groups is 2. The topological polar surface area (TPSA) is 70.7 Å². The van der Waals surface area contributed by atoms with Gasteiger partial charge in [0.2, 0.25) is 0 Å². The number of hydrogen-bond donors (Lipinski definition) is 2. The van der Waals surface area contributed by atoms with Gasteiger partial charge in [0, 0.05) is 37.8 Å². The number of halogens is 1. The van der Waals surface area contributed by atoms with Gasteiger partial charge in [-0.3, -0.25) is 9.59 Å². The zero-order valence-electron chi connectivity index (χ0n) is 14.5. The number of piperidine rings is 1. The summed E-state index contributed by atoms with van der Waals surface area (Å²) in [6.45, 7) is 5.24. The Morgan fingerprint density at radius 3 is 2.60 bits per heavy atom. The molecule has 0 aliphatic carbocycles. The molecule has 2 aliphatic rings. The van der Waals surface area contributed by atoms with Crippen LogP contribution in [0, 0.1) is 6.92 Å². The molecule has 1 unspecified atom stereocenters. The van der Waals surface area contributed by atoms with Crippen molar-refractivity contribution < 1.29 is 14.3 Å². The molecule has 0 aromatic heterocycles. The average molecular weight is 368 g/mol. The maximum atomic E-state index is 12.4. The Labute approximate surface area is 154 Å². The number of amides is 2. The first kappa shape index (κ1) is 19.7. The van der Waals surface area contributed by atoms with Crippen LogP contribution in [0.4, 0.5) is 0 Å². The maximum Gasteiger partial charge on any atom is 0.253 e. The number of benzene rings is 1. The highest BCUT2D eigenvalue weighted by molar-refractivity contribution is 5.95. The predicted molar refractivity (Wildman–Crippen MR) is 98.1 cm³/mol. The molecule has 0 spiro atoms. The number of hydrogen-bond acceptors (Lipinski definition) is 4. The molecule has 2 saturated heterocycles. The van der Waals surface area contributed by atoms with E-state index in [0.717, 1.165) is 30.5 Å². The lowest BCUT2D eigenvalue weighted by molar-refractivity contribution is -0.146. The summed E-state index contributed by atoms with van der Waals surface area (Å²) in [6.07, 6.45) is 1.20. The third kappa shape index (κ3) is 4.93. The molecule has 2 amide bonds. The van der Waals surface area contributed by atoms with Gasteiger partial charge in [-0.2, -0.15) is 0 Å². The monoisotopic (exact) mass is 367 g/mol. The molecule has 6 nitrogen and oxygen atoms in total. The van der Waals surface area contributed by atoms with E-state index in [1.807, 2.05) is 36.1 Å². The Morgan fingerprint density at radius 2 is 1.96 bits per heavy atom. The van der Waals surface area contributed by atoms with Gasteiger partial charge in [0.1, 0.15) is 6.10 Å². The third-order valence-corrected chi connectivity index (χ3v) is 4.73. The van der Waals surface area contributed by atoms with Gasteiger partial charge >= 0.3 is 0 Å². The summed E-state index contributed by atoms with van der Waals surface area (Å²) in [7, 11) is 0. The first-order valence-corrected chi connectivity index (χ1v) is 8.63. The van der Waals surface area contributed by atoms with E-state index in [0.29, 0.717) is 26.2 Å². The van der Waals surface area contributed by atoms with Gasteiger partial charge in [-0.05, 0) is 31.4 Å². The van der Waals surface area contributed by atoms with E-state index in [-0.39, 0.29) is 36.4 Å². The third-order valence-electron chi connectivity index (χ3n) is 4.73. The molecular weight excluding hydrogens is 342 g/mol. The fourth-order valence-corrected chi connectivity index (χ4v) is 3.26. The van der Waals surface area contributed by atoms with Gasteiger partial charge in [-0.1, -0.05) is 18.2 Å². The van der Waals surface area contributed by atoms with Crippen LogP contribution < -0.4 is 10.6 Å². The second-order valence-corrected chi connectivity index (χ2v) is 6.45. The van der Waals surface area contributed by atoms with E-state index in [4.69, 9.17) is 4.74 Å². The number of rotatable bonds is 3. The lowest BCUT2D eigenvalue weighted by Crippen LogP contribution is -2.53. The van der Waals surface area contributed by atoms with E-state index >= 15 is 0 Å². The fraction of sp³-hybridized carbons (Fsp3) is 0.556. The van der Waals surface area contributed by atoms with Crippen molar-refractivity contribution in [2.24, 2.45) is 0 Å². The molecule has 2 N–H and O–H groups in total. The van der Waals surface area contributed by atoms with Crippen LogP contribution >= 0.6 is 12.4 Å². The van der Waals surface area contributed by atoms with Crippen molar-refractivity contribution in [2.75, 3.05) is 32.8 Å². The van der Waals surface area contributed by atoms with Gasteiger partial charge in [0.15, 0.2) is 0 Å². The summed E-state index contributed by atoms with van der Waals surface area (Å²) in [5, 5.41) is 6.28.